The monoisotopic (exact) mass is 325 g/mol. The van der Waals surface area contributed by atoms with Crippen molar-refractivity contribution in [3.05, 3.63) is 0 Å². The van der Waals surface area contributed by atoms with E-state index in [1.807, 2.05) is 0 Å². The molecule has 0 aromatic carbocycles. The Morgan fingerprint density at radius 2 is 0.857 bits per heavy atom. The van der Waals surface area contributed by atoms with E-state index in [9.17, 15) is 0 Å². The van der Waals surface area contributed by atoms with E-state index in [1.165, 1.54) is 0 Å². The van der Waals surface area contributed by atoms with Gasteiger partial charge in [-0.1, -0.05) is 0 Å². The fourth-order valence-electron chi connectivity index (χ4n) is 0. The second-order valence-corrected chi connectivity index (χ2v) is 1.80. The molecule has 0 heterocycles. The van der Waals surface area contributed by atoms with Crippen molar-refractivity contribution in [1.82, 2.24) is 0 Å². The molecule has 0 bridgehead atoms. The maximum absolute atomic E-state index is 7.33. The van der Waals surface area contributed by atoms with Crippen LogP contribution in [0.2, 0.25) is 0 Å². The molecule has 0 aromatic heterocycles. The summed E-state index contributed by atoms with van der Waals surface area (Å²) in [5.41, 5.74) is 0. The van der Waals surface area contributed by atoms with E-state index < -0.39 is 9.05 Å². The van der Waals surface area contributed by atoms with E-state index in [1.54, 1.807) is 0 Å². The minimum Gasteiger partial charge on any atom is -0.368 e. The van der Waals surface area contributed by atoms with Crippen LogP contribution < -0.4 is 0 Å². The van der Waals surface area contributed by atoms with E-state index >= 15 is 0 Å². The molecule has 39 valence electrons. The molecule has 0 atom stereocenters. The summed E-state index contributed by atoms with van der Waals surface area (Å²) in [5, 5.41) is 0. The van der Waals surface area contributed by atoms with E-state index in [0.29, 0.717) is 0 Å². The van der Waals surface area contributed by atoms with Crippen LogP contribution in [0.15, 0.2) is 0 Å². The van der Waals surface area contributed by atoms with E-state index in [0.717, 1.165) is 0 Å². The molecule has 0 saturated carbocycles. The van der Waals surface area contributed by atoms with Crippen LogP contribution in [0.5, 0.6) is 0 Å². The third-order valence-electron chi connectivity index (χ3n) is 0. The smallest absolute Gasteiger partial charge is 0.368 e. The van der Waals surface area contributed by atoms with Crippen molar-refractivity contribution >= 4 is 9.05 Å². The average Bonchev–Trinajstić information content (AvgIpc) is 0.722. The van der Waals surface area contributed by atoms with E-state index in [2.05, 4.69) is 0 Å². The van der Waals surface area contributed by atoms with Crippen LogP contribution in [-0.2, 0) is 26.2 Å². The van der Waals surface area contributed by atoms with Crippen molar-refractivity contribution < 1.29 is 81.0 Å². The van der Waals surface area contributed by atoms with Crippen LogP contribution in [0.4, 0.5) is 0 Å². The van der Waals surface area contributed by atoms with Gasteiger partial charge in [0.2, 0.25) is 0 Å². The summed E-state index contributed by atoms with van der Waals surface area (Å²) in [6.45, 7) is 0. The number of hydrogen-bond donors (Lipinski definition) is 4. The molecular formula is H4LaO4SiZr. The quantitative estimate of drug-likeness (QED) is 0.368. The number of rotatable bonds is 0. The second-order valence-electron chi connectivity index (χ2n) is 0.600. The Hall–Kier alpha value is 2.13. The van der Waals surface area contributed by atoms with Crippen LogP contribution in [0.3, 0.4) is 0 Å². The van der Waals surface area contributed by atoms with Gasteiger partial charge in [0.15, 0.2) is 0 Å². The van der Waals surface area contributed by atoms with Gasteiger partial charge in [0.05, 0.1) is 0 Å². The summed E-state index contributed by atoms with van der Waals surface area (Å²) in [6, 6.07) is 0. The molecular weight excluding hydrogens is 322 g/mol. The van der Waals surface area contributed by atoms with Crippen LogP contribution in [0.1, 0.15) is 0 Å². The molecule has 0 fully saturated rings. The fraction of sp³-hybridized carbons (Fsp3) is 0. The van der Waals surface area contributed by atoms with Gasteiger partial charge in [-0.25, -0.2) is 0 Å². The van der Waals surface area contributed by atoms with Gasteiger partial charge in [-0.15, -0.1) is 0 Å². The summed E-state index contributed by atoms with van der Waals surface area (Å²) >= 11 is 0. The molecule has 0 aliphatic heterocycles. The van der Waals surface area contributed by atoms with Gasteiger partial charge in [-0.05, 0) is 0 Å². The Labute approximate surface area is 88.8 Å². The molecule has 0 amide bonds. The zero-order valence-corrected chi connectivity index (χ0v) is 10.5. The molecule has 7 heavy (non-hydrogen) atoms. The van der Waals surface area contributed by atoms with E-state index in [4.69, 9.17) is 19.2 Å². The van der Waals surface area contributed by atoms with Crippen molar-refractivity contribution in [1.29, 1.82) is 0 Å². The zero-order chi connectivity index (χ0) is 4.50. The van der Waals surface area contributed by atoms with Crippen LogP contribution in [0, 0.1) is 35.6 Å². The topological polar surface area (TPSA) is 80.9 Å². The van der Waals surface area contributed by atoms with Gasteiger partial charge >= 0.3 is 9.05 Å². The normalized spacial score (nSPS) is 8.57. The number of hydrogen-bond acceptors (Lipinski definition) is 4. The van der Waals surface area contributed by atoms with Crippen molar-refractivity contribution in [2.75, 3.05) is 0 Å². The van der Waals surface area contributed by atoms with Crippen molar-refractivity contribution in [3.63, 3.8) is 0 Å². The summed E-state index contributed by atoms with van der Waals surface area (Å²) in [7, 11) is -4.61. The third-order valence-corrected chi connectivity index (χ3v) is 0. The average molecular weight is 326 g/mol. The molecule has 1 radical (unpaired) electrons. The minimum absolute atomic E-state index is 0. The molecule has 0 rings (SSSR count). The molecule has 0 aliphatic rings. The van der Waals surface area contributed by atoms with Crippen molar-refractivity contribution in [2.45, 2.75) is 0 Å². The third kappa shape index (κ3) is 67.2. The fourth-order valence-corrected chi connectivity index (χ4v) is 0. The van der Waals surface area contributed by atoms with Gasteiger partial charge in [0.25, 0.3) is 0 Å². The molecule has 0 saturated heterocycles. The summed E-state index contributed by atoms with van der Waals surface area (Å²) in [6.07, 6.45) is 0. The Bertz CT molecular complexity index is 27.2. The summed E-state index contributed by atoms with van der Waals surface area (Å²) in [5.74, 6) is 0. The predicted octanol–water partition coefficient (Wildman–Crippen LogP) is -2.61. The van der Waals surface area contributed by atoms with Gasteiger partial charge in [-0.2, -0.15) is 0 Å². The molecule has 0 unspecified atom stereocenters. The molecule has 4 N–H and O–H groups in total. The molecule has 0 aromatic rings. The Kier molecular flexibility index (Phi) is 14.4. The minimum atomic E-state index is -4.61. The van der Waals surface area contributed by atoms with Gasteiger partial charge in [-0.3, -0.25) is 0 Å². The van der Waals surface area contributed by atoms with Gasteiger partial charge < -0.3 is 19.2 Å². The predicted molar refractivity (Wildman–Crippen MR) is 14.6 cm³/mol. The molecule has 4 nitrogen and oxygen atoms in total. The Morgan fingerprint density at radius 3 is 0.857 bits per heavy atom. The van der Waals surface area contributed by atoms with Gasteiger partial charge in [0.1, 0.15) is 0 Å². The Balaban J connectivity index is -0.0000000800. The van der Waals surface area contributed by atoms with Crippen LogP contribution in [-0.4, -0.2) is 28.2 Å². The standard InChI is InChI=1S/La.H4O4Si.Zr/c;1-5(2,3)4;/h;1-4H;. The largest absolute Gasteiger partial charge is 0.668 e. The van der Waals surface area contributed by atoms with E-state index in [-0.39, 0.29) is 61.8 Å². The van der Waals surface area contributed by atoms with Crippen molar-refractivity contribution in [3.8, 4) is 0 Å². The summed E-state index contributed by atoms with van der Waals surface area (Å²) < 4.78 is 0. The van der Waals surface area contributed by atoms with Gasteiger partial charge in [0, 0.05) is 61.8 Å². The maximum Gasteiger partial charge on any atom is 0.668 e. The maximum atomic E-state index is 7.33. The first kappa shape index (κ1) is 16.1. The van der Waals surface area contributed by atoms with Crippen molar-refractivity contribution in [2.24, 2.45) is 0 Å². The molecule has 0 spiro atoms. The molecule has 0 aliphatic carbocycles. The van der Waals surface area contributed by atoms with Crippen LogP contribution in [0.25, 0.3) is 0 Å². The molecule has 7 heteroatoms. The first-order chi connectivity index (χ1) is 2.00. The Morgan fingerprint density at radius 1 is 0.857 bits per heavy atom. The zero-order valence-electron chi connectivity index (χ0n) is 3.37. The SMILES string of the molecule is O[Si](O)(O)O.[La].[Zr]. The second kappa shape index (κ2) is 6.26. The summed E-state index contributed by atoms with van der Waals surface area (Å²) in [4.78, 5) is 29.3. The first-order valence-electron chi connectivity index (χ1n) is 0.894. The first-order valence-corrected chi connectivity index (χ1v) is 2.68. The van der Waals surface area contributed by atoms with Crippen LogP contribution >= 0.6 is 0 Å².